The van der Waals surface area contributed by atoms with Gasteiger partial charge in [-0.2, -0.15) is 0 Å². The van der Waals surface area contributed by atoms with E-state index < -0.39 is 0 Å². The number of nitrogens with zero attached hydrogens (tertiary/aromatic N) is 1. The minimum Gasteiger partial charge on any atom is -0.409 e. The first-order valence-electron chi connectivity index (χ1n) is 5.17. The van der Waals surface area contributed by atoms with Crippen molar-refractivity contribution in [2.75, 3.05) is 5.75 Å². The number of nitrogens with two attached hydrogens (primary N) is 1. The summed E-state index contributed by atoms with van der Waals surface area (Å²) in [6.07, 6.45) is 2.48. The Hall–Kier alpha value is -0.580. The van der Waals surface area contributed by atoms with Crippen LogP contribution in [0.15, 0.2) is 28.3 Å². The summed E-state index contributed by atoms with van der Waals surface area (Å²) in [6.45, 7) is 0. The Labute approximate surface area is 115 Å². The molecule has 0 bridgehead atoms. The summed E-state index contributed by atoms with van der Waals surface area (Å²) in [5, 5.41) is 12.7. The van der Waals surface area contributed by atoms with Gasteiger partial charge in [0.1, 0.15) is 5.84 Å². The molecule has 6 heteroatoms. The van der Waals surface area contributed by atoms with Gasteiger partial charge in [-0.15, -0.1) is 11.8 Å². The molecule has 3 N–H and O–H groups in total. The molecule has 0 amide bonds. The largest absolute Gasteiger partial charge is 0.409 e. The molecular formula is C11H14Cl2N2OS. The van der Waals surface area contributed by atoms with Crippen molar-refractivity contribution in [2.24, 2.45) is 10.9 Å². The molecule has 0 radical (unpaired) electrons. The number of rotatable bonds is 6. The molecule has 1 aromatic carbocycles. The standard InChI is InChI=1S/C11H14Cl2N2OS/c12-8-4-5-9(13)10(7-8)17-6-2-1-3-11(14)15-16/h4-5,7,16H,1-3,6H2,(H2,14,15). The predicted octanol–water partition coefficient (Wildman–Crippen LogP) is 4.00. The first-order valence-corrected chi connectivity index (χ1v) is 6.92. The van der Waals surface area contributed by atoms with Crippen LogP contribution >= 0.6 is 35.0 Å². The van der Waals surface area contributed by atoms with E-state index in [-0.39, 0.29) is 5.84 Å². The lowest BCUT2D eigenvalue weighted by atomic mass is 10.2. The van der Waals surface area contributed by atoms with Gasteiger partial charge in [-0.1, -0.05) is 28.4 Å². The summed E-state index contributed by atoms with van der Waals surface area (Å²) < 4.78 is 0. The first-order chi connectivity index (χ1) is 8.13. The van der Waals surface area contributed by atoms with Gasteiger partial charge in [-0.3, -0.25) is 0 Å². The van der Waals surface area contributed by atoms with E-state index in [9.17, 15) is 0 Å². The topological polar surface area (TPSA) is 58.6 Å². The van der Waals surface area contributed by atoms with E-state index in [0.717, 1.165) is 28.5 Å². The third-order valence-electron chi connectivity index (χ3n) is 2.11. The molecule has 0 spiro atoms. The second-order valence-corrected chi connectivity index (χ2v) is 5.45. The Bertz CT molecular complexity index is 399. The van der Waals surface area contributed by atoms with Gasteiger partial charge in [0.2, 0.25) is 0 Å². The zero-order valence-electron chi connectivity index (χ0n) is 9.20. The van der Waals surface area contributed by atoms with Gasteiger partial charge in [-0.05, 0) is 36.8 Å². The normalized spacial score (nSPS) is 11.8. The van der Waals surface area contributed by atoms with Crippen LogP contribution in [-0.2, 0) is 0 Å². The van der Waals surface area contributed by atoms with Crippen LogP contribution in [0.2, 0.25) is 10.0 Å². The van der Waals surface area contributed by atoms with E-state index in [1.54, 1.807) is 23.9 Å². The number of oxime groups is 1. The monoisotopic (exact) mass is 292 g/mol. The average molecular weight is 293 g/mol. The van der Waals surface area contributed by atoms with Gasteiger partial charge in [-0.25, -0.2) is 0 Å². The summed E-state index contributed by atoms with van der Waals surface area (Å²) in [5.74, 6) is 1.20. The molecule has 94 valence electrons. The average Bonchev–Trinajstić information content (AvgIpc) is 2.32. The fourth-order valence-corrected chi connectivity index (χ4v) is 2.73. The zero-order chi connectivity index (χ0) is 12.7. The molecule has 0 aromatic heterocycles. The lowest BCUT2D eigenvalue weighted by Gasteiger charge is -2.04. The van der Waals surface area contributed by atoms with Crippen molar-refractivity contribution in [2.45, 2.75) is 24.2 Å². The molecule has 0 aliphatic heterocycles. The molecule has 17 heavy (non-hydrogen) atoms. The molecule has 0 saturated carbocycles. The van der Waals surface area contributed by atoms with Crippen molar-refractivity contribution in [3.63, 3.8) is 0 Å². The SMILES string of the molecule is N/C(CCCCSc1cc(Cl)ccc1Cl)=N/O. The number of hydrogen-bond donors (Lipinski definition) is 2. The van der Waals surface area contributed by atoms with Gasteiger partial charge < -0.3 is 10.9 Å². The van der Waals surface area contributed by atoms with Crippen molar-refractivity contribution in [3.05, 3.63) is 28.2 Å². The van der Waals surface area contributed by atoms with E-state index in [4.69, 9.17) is 34.1 Å². The Balaban J connectivity index is 2.29. The number of benzene rings is 1. The van der Waals surface area contributed by atoms with Crippen LogP contribution < -0.4 is 5.73 Å². The predicted molar refractivity (Wildman–Crippen MR) is 74.4 cm³/mol. The fourth-order valence-electron chi connectivity index (χ4n) is 1.23. The highest BCUT2D eigenvalue weighted by Gasteiger charge is 2.02. The minimum absolute atomic E-state index is 0.274. The summed E-state index contributed by atoms with van der Waals surface area (Å²) >= 11 is 13.6. The highest BCUT2D eigenvalue weighted by Crippen LogP contribution is 2.30. The molecule has 1 rings (SSSR count). The Morgan fingerprint density at radius 2 is 2.12 bits per heavy atom. The number of thioether (sulfide) groups is 1. The van der Waals surface area contributed by atoms with Crippen LogP contribution in [0, 0.1) is 0 Å². The molecule has 0 saturated heterocycles. The van der Waals surface area contributed by atoms with Crippen LogP contribution in [0.1, 0.15) is 19.3 Å². The number of unbranched alkanes of at least 4 members (excludes halogenated alkanes) is 1. The van der Waals surface area contributed by atoms with Gasteiger partial charge in [0.15, 0.2) is 0 Å². The smallest absolute Gasteiger partial charge is 0.139 e. The molecule has 0 unspecified atom stereocenters. The van der Waals surface area contributed by atoms with Crippen molar-refractivity contribution in [1.29, 1.82) is 0 Å². The highest BCUT2D eigenvalue weighted by atomic mass is 35.5. The van der Waals surface area contributed by atoms with E-state index in [1.807, 2.05) is 6.07 Å². The van der Waals surface area contributed by atoms with Gasteiger partial charge in [0, 0.05) is 16.3 Å². The van der Waals surface area contributed by atoms with Gasteiger partial charge in [0.25, 0.3) is 0 Å². The van der Waals surface area contributed by atoms with Crippen LogP contribution in [-0.4, -0.2) is 16.8 Å². The molecule has 0 fully saturated rings. The van der Waals surface area contributed by atoms with Gasteiger partial charge in [0.05, 0.1) is 5.02 Å². The first kappa shape index (κ1) is 14.5. The third-order valence-corrected chi connectivity index (χ3v) is 3.92. The van der Waals surface area contributed by atoms with Crippen LogP contribution in [0.4, 0.5) is 0 Å². The van der Waals surface area contributed by atoms with Crippen LogP contribution in [0.5, 0.6) is 0 Å². The van der Waals surface area contributed by atoms with E-state index in [2.05, 4.69) is 5.16 Å². The van der Waals surface area contributed by atoms with E-state index in [1.165, 1.54) is 0 Å². The number of hydrogen-bond acceptors (Lipinski definition) is 3. The third kappa shape index (κ3) is 5.52. The molecule has 0 atom stereocenters. The Morgan fingerprint density at radius 3 is 2.82 bits per heavy atom. The van der Waals surface area contributed by atoms with E-state index >= 15 is 0 Å². The maximum absolute atomic E-state index is 8.36. The highest BCUT2D eigenvalue weighted by molar-refractivity contribution is 7.99. The maximum atomic E-state index is 8.36. The number of halogens is 2. The summed E-state index contributed by atoms with van der Waals surface area (Å²) in [7, 11) is 0. The van der Waals surface area contributed by atoms with Crippen molar-refractivity contribution >= 4 is 40.8 Å². The van der Waals surface area contributed by atoms with Crippen LogP contribution in [0.3, 0.4) is 0 Å². The van der Waals surface area contributed by atoms with Gasteiger partial charge >= 0.3 is 0 Å². The summed E-state index contributed by atoms with van der Waals surface area (Å²) in [4.78, 5) is 0.989. The Kier molecular flexibility index (Phi) is 6.55. The minimum atomic E-state index is 0.274. The van der Waals surface area contributed by atoms with Crippen molar-refractivity contribution in [1.82, 2.24) is 0 Å². The molecule has 0 aliphatic carbocycles. The van der Waals surface area contributed by atoms with Crippen molar-refractivity contribution < 1.29 is 5.21 Å². The summed E-state index contributed by atoms with van der Waals surface area (Å²) in [5.41, 5.74) is 5.36. The molecule has 3 nitrogen and oxygen atoms in total. The second-order valence-electron chi connectivity index (χ2n) is 3.47. The lowest BCUT2D eigenvalue weighted by Crippen LogP contribution is -2.10. The molecular weight excluding hydrogens is 279 g/mol. The summed E-state index contributed by atoms with van der Waals surface area (Å²) in [6, 6.07) is 5.42. The maximum Gasteiger partial charge on any atom is 0.139 e. The second kappa shape index (κ2) is 7.69. The zero-order valence-corrected chi connectivity index (χ0v) is 11.5. The molecule has 0 heterocycles. The number of amidine groups is 1. The van der Waals surface area contributed by atoms with Crippen LogP contribution in [0.25, 0.3) is 0 Å². The fraction of sp³-hybridized carbons (Fsp3) is 0.364. The molecule has 0 aliphatic rings. The van der Waals surface area contributed by atoms with Crippen molar-refractivity contribution in [3.8, 4) is 0 Å². The lowest BCUT2D eigenvalue weighted by molar-refractivity contribution is 0.316. The van der Waals surface area contributed by atoms with E-state index in [0.29, 0.717) is 11.4 Å². The quantitative estimate of drug-likeness (QED) is 0.208. The molecule has 1 aromatic rings. The Morgan fingerprint density at radius 1 is 1.35 bits per heavy atom.